The number of rotatable bonds is 3. The van der Waals surface area contributed by atoms with Crippen LogP contribution in [-0.4, -0.2) is 35.9 Å². The molecule has 0 unspecified atom stereocenters. The van der Waals surface area contributed by atoms with Gasteiger partial charge in [-0.3, -0.25) is 14.9 Å². The normalized spacial score (nSPS) is 11.5. The Morgan fingerprint density at radius 2 is 1.79 bits per heavy atom. The van der Waals surface area contributed by atoms with Crippen molar-refractivity contribution in [3.05, 3.63) is 50.9 Å². The van der Waals surface area contributed by atoms with E-state index in [-0.39, 0.29) is 27.8 Å². The zero-order valence-corrected chi connectivity index (χ0v) is 15.1. The molecule has 0 bridgehead atoms. The van der Waals surface area contributed by atoms with Gasteiger partial charge in [-0.1, -0.05) is 28.8 Å². The summed E-state index contributed by atoms with van der Waals surface area (Å²) in [6.07, 6.45) is -4.53. The molecule has 2 aromatic heterocycles. The van der Waals surface area contributed by atoms with Gasteiger partial charge in [0.05, 0.1) is 16.1 Å². The van der Waals surface area contributed by atoms with Crippen LogP contribution in [0.1, 0.15) is 16.1 Å². The number of carbonyl (C=O) groups excluding carboxylic acids is 1. The molecule has 0 atom stereocenters. The van der Waals surface area contributed by atoms with E-state index in [0.717, 1.165) is 28.9 Å². The van der Waals surface area contributed by atoms with E-state index in [9.17, 15) is 22.8 Å². The molecule has 9 nitrogen and oxygen atoms in total. The quantitative estimate of drug-likeness (QED) is 0.702. The molecular formula is C15H11ClF3N7O2. The van der Waals surface area contributed by atoms with Crippen molar-refractivity contribution in [2.45, 2.75) is 6.18 Å². The van der Waals surface area contributed by atoms with Crippen molar-refractivity contribution in [3.8, 4) is 11.1 Å². The number of aryl methyl sites for hydroxylation is 2. The first-order valence-corrected chi connectivity index (χ1v) is 7.95. The number of nitrogens with zero attached hydrogens (tertiary/aromatic N) is 6. The molecule has 2 heterocycles. The minimum Gasteiger partial charge on any atom is -0.288 e. The van der Waals surface area contributed by atoms with E-state index in [0.29, 0.717) is 0 Å². The Balaban J connectivity index is 2.06. The molecule has 0 saturated heterocycles. The summed E-state index contributed by atoms with van der Waals surface area (Å²) in [5.74, 6) is -0.792. The Bertz CT molecular complexity index is 1110. The highest BCUT2D eigenvalue weighted by molar-refractivity contribution is 6.36. The van der Waals surface area contributed by atoms with Gasteiger partial charge in [-0.15, -0.1) is 0 Å². The third-order valence-electron chi connectivity index (χ3n) is 3.75. The predicted molar refractivity (Wildman–Crippen MR) is 91.7 cm³/mol. The van der Waals surface area contributed by atoms with Crippen LogP contribution in [0.25, 0.3) is 11.1 Å². The van der Waals surface area contributed by atoms with Crippen LogP contribution in [0.2, 0.25) is 5.02 Å². The maximum atomic E-state index is 12.8. The smallest absolute Gasteiger partial charge is 0.288 e. The molecule has 0 saturated carbocycles. The van der Waals surface area contributed by atoms with Crippen molar-refractivity contribution in [2.75, 3.05) is 5.32 Å². The molecule has 0 radical (unpaired) electrons. The van der Waals surface area contributed by atoms with Crippen LogP contribution in [0.5, 0.6) is 0 Å². The van der Waals surface area contributed by atoms with Crippen molar-refractivity contribution in [3.63, 3.8) is 0 Å². The van der Waals surface area contributed by atoms with E-state index < -0.39 is 23.2 Å². The predicted octanol–water partition coefficient (Wildman–Crippen LogP) is 1.90. The number of hydrogen-bond donors (Lipinski definition) is 1. The second-order valence-electron chi connectivity index (χ2n) is 5.62. The minimum atomic E-state index is -4.53. The van der Waals surface area contributed by atoms with Gasteiger partial charge in [0.15, 0.2) is 5.69 Å². The molecule has 3 aromatic rings. The SMILES string of the molecule is Cn1nnnc1NC(=O)c1nn(C)c(=O)c(-c2ccc(C(F)(F)F)cc2)c1Cl. The number of benzene rings is 1. The second-order valence-corrected chi connectivity index (χ2v) is 6.00. The molecule has 1 aromatic carbocycles. The number of alkyl halides is 3. The first-order valence-electron chi connectivity index (χ1n) is 7.57. The zero-order valence-electron chi connectivity index (χ0n) is 14.3. The molecular weight excluding hydrogens is 403 g/mol. The van der Waals surface area contributed by atoms with Gasteiger partial charge in [0, 0.05) is 14.1 Å². The number of halogens is 4. The zero-order chi connectivity index (χ0) is 20.6. The first kappa shape index (κ1) is 19.5. The fraction of sp³-hybridized carbons (Fsp3) is 0.200. The third kappa shape index (κ3) is 3.58. The number of aromatic nitrogens is 6. The number of amides is 1. The second kappa shape index (κ2) is 7.03. The van der Waals surface area contributed by atoms with Gasteiger partial charge in [0.2, 0.25) is 5.95 Å². The summed E-state index contributed by atoms with van der Waals surface area (Å²) in [4.78, 5) is 24.9. The lowest BCUT2D eigenvalue weighted by molar-refractivity contribution is -0.137. The van der Waals surface area contributed by atoms with Gasteiger partial charge in [0.1, 0.15) is 0 Å². The van der Waals surface area contributed by atoms with E-state index in [1.807, 2.05) is 0 Å². The van der Waals surface area contributed by atoms with Crippen LogP contribution in [0.4, 0.5) is 19.1 Å². The number of hydrogen-bond acceptors (Lipinski definition) is 6. The molecule has 0 aliphatic carbocycles. The molecule has 0 spiro atoms. The van der Waals surface area contributed by atoms with Crippen molar-refractivity contribution in [1.82, 2.24) is 30.0 Å². The van der Waals surface area contributed by atoms with E-state index in [2.05, 4.69) is 25.9 Å². The van der Waals surface area contributed by atoms with Crippen molar-refractivity contribution in [1.29, 1.82) is 0 Å². The maximum Gasteiger partial charge on any atom is 0.416 e. The highest BCUT2D eigenvalue weighted by atomic mass is 35.5. The summed E-state index contributed by atoms with van der Waals surface area (Å²) in [5, 5.41) is 16.4. The van der Waals surface area contributed by atoms with Gasteiger partial charge in [-0.05, 0) is 28.1 Å². The largest absolute Gasteiger partial charge is 0.416 e. The molecule has 3 rings (SSSR count). The lowest BCUT2D eigenvalue weighted by Crippen LogP contribution is -2.27. The lowest BCUT2D eigenvalue weighted by atomic mass is 10.0. The van der Waals surface area contributed by atoms with Crippen molar-refractivity contribution < 1.29 is 18.0 Å². The van der Waals surface area contributed by atoms with Gasteiger partial charge < -0.3 is 0 Å². The number of tetrazole rings is 1. The van der Waals surface area contributed by atoms with Gasteiger partial charge in [-0.25, -0.2) is 9.36 Å². The van der Waals surface area contributed by atoms with E-state index in [4.69, 9.17) is 11.6 Å². The number of anilines is 1. The summed E-state index contributed by atoms with van der Waals surface area (Å²) in [6, 6.07) is 3.83. The number of nitrogens with one attached hydrogen (secondary N) is 1. The molecule has 13 heteroatoms. The molecule has 1 amide bonds. The summed E-state index contributed by atoms with van der Waals surface area (Å²) in [6.45, 7) is 0. The summed E-state index contributed by atoms with van der Waals surface area (Å²) < 4.78 is 40.3. The van der Waals surface area contributed by atoms with E-state index >= 15 is 0 Å². The fourth-order valence-corrected chi connectivity index (χ4v) is 2.64. The van der Waals surface area contributed by atoms with Crippen molar-refractivity contribution in [2.24, 2.45) is 14.1 Å². The average Bonchev–Trinajstić information content (AvgIpc) is 3.02. The summed E-state index contributed by atoms with van der Waals surface area (Å²) in [5.41, 5.74) is -1.93. The molecule has 1 N–H and O–H groups in total. The maximum absolute atomic E-state index is 12.8. The standard InChI is InChI=1S/C15H11ClF3N7O2/c1-25-13(28)9(7-3-5-8(6-4-7)15(17,18)19)10(16)11(22-25)12(27)20-14-21-23-24-26(14)2/h3-6H,1-2H3,(H,20,21,24,27). The molecule has 0 aliphatic heterocycles. The molecule has 146 valence electrons. The minimum absolute atomic E-state index is 0.00722. The van der Waals surface area contributed by atoms with Crippen LogP contribution < -0.4 is 10.9 Å². The summed E-state index contributed by atoms with van der Waals surface area (Å²) >= 11 is 6.21. The Kier molecular flexibility index (Phi) is 4.89. The Morgan fingerprint density at radius 3 is 2.32 bits per heavy atom. The van der Waals surface area contributed by atoms with Crippen molar-refractivity contribution >= 4 is 23.5 Å². The van der Waals surface area contributed by atoms with E-state index in [1.165, 1.54) is 18.8 Å². The van der Waals surface area contributed by atoms with Gasteiger partial charge in [-0.2, -0.15) is 18.3 Å². The highest BCUT2D eigenvalue weighted by Crippen LogP contribution is 2.32. The fourth-order valence-electron chi connectivity index (χ4n) is 2.33. The van der Waals surface area contributed by atoms with Gasteiger partial charge in [0.25, 0.3) is 11.5 Å². The molecule has 28 heavy (non-hydrogen) atoms. The Hall–Kier alpha value is -3.28. The monoisotopic (exact) mass is 413 g/mol. The summed E-state index contributed by atoms with van der Waals surface area (Å²) in [7, 11) is 2.77. The topological polar surface area (TPSA) is 108 Å². The van der Waals surface area contributed by atoms with Crippen LogP contribution in [0.15, 0.2) is 29.1 Å². The third-order valence-corrected chi connectivity index (χ3v) is 4.11. The highest BCUT2D eigenvalue weighted by Gasteiger charge is 2.30. The Morgan fingerprint density at radius 1 is 1.14 bits per heavy atom. The van der Waals surface area contributed by atoms with Crippen LogP contribution >= 0.6 is 11.6 Å². The molecule has 0 fully saturated rings. The van der Waals surface area contributed by atoms with Crippen LogP contribution in [0, 0.1) is 0 Å². The van der Waals surface area contributed by atoms with Crippen LogP contribution in [0.3, 0.4) is 0 Å². The lowest BCUT2D eigenvalue weighted by Gasteiger charge is -2.12. The van der Waals surface area contributed by atoms with Crippen LogP contribution in [-0.2, 0) is 20.3 Å². The Labute approximate surface area is 159 Å². The first-order chi connectivity index (χ1) is 13.1. The average molecular weight is 414 g/mol. The van der Waals surface area contributed by atoms with E-state index in [1.54, 1.807) is 0 Å². The molecule has 0 aliphatic rings. The number of carbonyl (C=O) groups is 1. The van der Waals surface area contributed by atoms with Gasteiger partial charge >= 0.3 is 6.18 Å².